The summed E-state index contributed by atoms with van der Waals surface area (Å²) in [6.45, 7) is 3.25. The SMILES string of the molecule is CC(=O)C1=C(C)NC(SCC(N)=O)=C(C#N)[C@H]1c1cccnc1. The standard InChI is InChI=1S/C16H16N4O2S/c1-9-14(10(2)21)15(11-4-3-5-19-7-11)12(6-17)16(20-9)23-8-13(18)22/h3-5,7,15,20H,8H2,1-2H3,(H2,18,22)/t15-/m1/s1. The Kier molecular flexibility index (Phi) is 5.19. The monoisotopic (exact) mass is 328 g/mol. The zero-order valence-electron chi connectivity index (χ0n) is 12.8. The number of aromatic nitrogens is 1. The molecule has 1 amide bonds. The second-order valence-corrected chi connectivity index (χ2v) is 6.03. The number of primary amides is 1. The Balaban J connectivity index is 2.56. The number of thioether (sulfide) groups is 1. The summed E-state index contributed by atoms with van der Waals surface area (Å²) in [5.41, 5.74) is 7.52. The van der Waals surface area contributed by atoms with Gasteiger partial charge >= 0.3 is 0 Å². The molecule has 1 aromatic rings. The fourth-order valence-corrected chi connectivity index (χ4v) is 3.35. The summed E-state index contributed by atoms with van der Waals surface area (Å²) in [4.78, 5) is 27.2. The Hall–Kier alpha value is -2.59. The number of ketones is 1. The number of nitriles is 1. The number of nitrogens with two attached hydrogens (primary N) is 1. The average molecular weight is 328 g/mol. The van der Waals surface area contributed by atoms with Crippen LogP contribution >= 0.6 is 11.8 Å². The number of carbonyl (C=O) groups excluding carboxylic acids is 2. The Labute approximate surface area is 138 Å². The Morgan fingerprint density at radius 3 is 2.78 bits per heavy atom. The average Bonchev–Trinajstić information content (AvgIpc) is 2.52. The number of nitrogens with zero attached hydrogens (tertiary/aromatic N) is 2. The Bertz CT molecular complexity index is 747. The number of allylic oxidation sites excluding steroid dienone is 3. The van der Waals surface area contributed by atoms with Gasteiger partial charge in [0, 0.05) is 23.7 Å². The number of rotatable bonds is 5. The van der Waals surface area contributed by atoms with Crippen molar-refractivity contribution in [2.75, 3.05) is 5.75 Å². The number of hydrogen-bond donors (Lipinski definition) is 2. The van der Waals surface area contributed by atoms with Gasteiger partial charge in [-0.05, 0) is 25.5 Å². The molecule has 0 radical (unpaired) electrons. The molecular weight excluding hydrogens is 312 g/mol. The van der Waals surface area contributed by atoms with Gasteiger partial charge in [-0.3, -0.25) is 14.6 Å². The summed E-state index contributed by atoms with van der Waals surface area (Å²) < 4.78 is 0. The van der Waals surface area contributed by atoms with Crippen LogP contribution in [0.1, 0.15) is 25.3 Å². The van der Waals surface area contributed by atoms with Gasteiger partial charge in [0.15, 0.2) is 5.78 Å². The van der Waals surface area contributed by atoms with Crippen molar-refractivity contribution in [1.29, 1.82) is 5.26 Å². The lowest BCUT2D eigenvalue weighted by Gasteiger charge is -2.29. The molecule has 3 N–H and O–H groups in total. The minimum Gasteiger partial charge on any atom is -0.369 e. The molecule has 118 valence electrons. The molecule has 6 nitrogen and oxygen atoms in total. The predicted octanol–water partition coefficient (Wildman–Crippen LogP) is 1.59. The van der Waals surface area contributed by atoms with Crippen LogP contribution in [0.25, 0.3) is 0 Å². The maximum atomic E-state index is 12.1. The molecule has 2 rings (SSSR count). The lowest BCUT2D eigenvalue weighted by molar-refractivity contribution is -0.115. The highest BCUT2D eigenvalue weighted by Crippen LogP contribution is 2.40. The zero-order chi connectivity index (χ0) is 17.0. The molecule has 0 spiro atoms. The van der Waals surface area contributed by atoms with E-state index in [4.69, 9.17) is 5.73 Å². The molecule has 0 bridgehead atoms. The summed E-state index contributed by atoms with van der Waals surface area (Å²) >= 11 is 1.16. The molecule has 0 fully saturated rings. The van der Waals surface area contributed by atoms with Gasteiger partial charge in [0.25, 0.3) is 0 Å². The van der Waals surface area contributed by atoms with E-state index in [-0.39, 0.29) is 11.5 Å². The first kappa shape index (κ1) is 16.8. The maximum absolute atomic E-state index is 12.1. The summed E-state index contributed by atoms with van der Waals surface area (Å²) in [5, 5.41) is 13.2. The summed E-state index contributed by atoms with van der Waals surface area (Å²) in [7, 11) is 0. The first-order valence-electron chi connectivity index (χ1n) is 6.89. The Morgan fingerprint density at radius 2 is 2.26 bits per heavy atom. The number of amides is 1. The van der Waals surface area contributed by atoms with Crippen LogP contribution < -0.4 is 11.1 Å². The van der Waals surface area contributed by atoms with Crippen molar-refractivity contribution < 1.29 is 9.59 Å². The van der Waals surface area contributed by atoms with Crippen LogP contribution in [0.4, 0.5) is 0 Å². The third kappa shape index (κ3) is 3.60. The van der Waals surface area contributed by atoms with Crippen molar-refractivity contribution in [3.05, 3.63) is 52.0 Å². The molecule has 0 aromatic carbocycles. The fourth-order valence-electron chi connectivity index (χ4n) is 2.52. The Morgan fingerprint density at radius 1 is 1.52 bits per heavy atom. The van der Waals surface area contributed by atoms with Crippen LogP contribution in [-0.2, 0) is 9.59 Å². The number of nitrogens with one attached hydrogen (secondary N) is 1. The number of carbonyl (C=O) groups is 2. The smallest absolute Gasteiger partial charge is 0.227 e. The van der Waals surface area contributed by atoms with E-state index < -0.39 is 11.8 Å². The largest absolute Gasteiger partial charge is 0.369 e. The van der Waals surface area contributed by atoms with E-state index in [0.29, 0.717) is 21.9 Å². The van der Waals surface area contributed by atoms with Gasteiger partial charge in [-0.2, -0.15) is 5.26 Å². The van der Waals surface area contributed by atoms with Crippen LogP contribution in [0.2, 0.25) is 0 Å². The zero-order valence-corrected chi connectivity index (χ0v) is 13.6. The van der Waals surface area contributed by atoms with Crippen LogP contribution in [0.15, 0.2) is 46.4 Å². The molecule has 0 aliphatic carbocycles. The van der Waals surface area contributed by atoms with Crippen LogP contribution in [0.3, 0.4) is 0 Å². The van der Waals surface area contributed by atoms with Crippen LogP contribution in [0, 0.1) is 11.3 Å². The van der Waals surface area contributed by atoms with Gasteiger partial charge in [-0.15, -0.1) is 0 Å². The highest BCUT2D eigenvalue weighted by molar-refractivity contribution is 8.03. The van der Waals surface area contributed by atoms with Crippen molar-refractivity contribution in [2.45, 2.75) is 19.8 Å². The van der Waals surface area contributed by atoms with Gasteiger partial charge in [-0.1, -0.05) is 17.8 Å². The minimum absolute atomic E-state index is 0.0515. The number of Topliss-reactive ketones (excluding diaryl/α,β-unsaturated/α-hetero) is 1. The van der Waals surface area contributed by atoms with E-state index in [0.717, 1.165) is 17.3 Å². The quantitative estimate of drug-likeness (QED) is 0.849. The third-order valence-corrected chi connectivity index (χ3v) is 4.44. The third-order valence-electron chi connectivity index (χ3n) is 3.40. The molecular formula is C16H16N4O2S. The van der Waals surface area contributed by atoms with E-state index in [9.17, 15) is 14.9 Å². The highest BCUT2D eigenvalue weighted by atomic mass is 32.2. The summed E-state index contributed by atoms with van der Waals surface area (Å²) in [6.07, 6.45) is 3.27. The van der Waals surface area contributed by atoms with Crippen molar-refractivity contribution in [1.82, 2.24) is 10.3 Å². The van der Waals surface area contributed by atoms with Crippen LogP contribution in [0.5, 0.6) is 0 Å². The van der Waals surface area contributed by atoms with Crippen LogP contribution in [-0.4, -0.2) is 22.4 Å². The van der Waals surface area contributed by atoms with Gasteiger partial charge < -0.3 is 11.1 Å². The van der Waals surface area contributed by atoms with Gasteiger partial charge in [0.2, 0.25) is 5.91 Å². The molecule has 2 heterocycles. The minimum atomic E-state index is -0.497. The van der Waals surface area contributed by atoms with Gasteiger partial charge in [-0.25, -0.2) is 0 Å². The lowest BCUT2D eigenvalue weighted by atomic mass is 9.81. The molecule has 0 unspecified atom stereocenters. The van der Waals surface area contributed by atoms with E-state index in [1.54, 1.807) is 25.4 Å². The van der Waals surface area contributed by atoms with Gasteiger partial charge in [0.1, 0.15) is 0 Å². The van der Waals surface area contributed by atoms with E-state index >= 15 is 0 Å². The predicted molar refractivity (Wildman–Crippen MR) is 87.8 cm³/mol. The van der Waals surface area contributed by atoms with Crippen molar-refractivity contribution in [3.63, 3.8) is 0 Å². The van der Waals surface area contributed by atoms with Crippen molar-refractivity contribution in [2.24, 2.45) is 5.73 Å². The number of dihydropyridines is 1. The van der Waals surface area contributed by atoms with Crippen molar-refractivity contribution >= 4 is 23.5 Å². The summed E-state index contributed by atoms with van der Waals surface area (Å²) in [5.74, 6) is -1.03. The molecule has 0 saturated carbocycles. The van der Waals surface area contributed by atoms with E-state index in [1.165, 1.54) is 6.92 Å². The maximum Gasteiger partial charge on any atom is 0.227 e. The molecule has 1 atom stereocenters. The molecule has 23 heavy (non-hydrogen) atoms. The van der Waals surface area contributed by atoms with Crippen molar-refractivity contribution in [3.8, 4) is 6.07 Å². The summed E-state index contributed by atoms with van der Waals surface area (Å²) in [6, 6.07) is 5.75. The molecule has 1 aliphatic rings. The number of pyridine rings is 1. The first-order chi connectivity index (χ1) is 11.0. The molecule has 0 saturated heterocycles. The number of hydrogen-bond acceptors (Lipinski definition) is 6. The second-order valence-electron chi connectivity index (χ2n) is 5.05. The normalized spacial score (nSPS) is 17.5. The van der Waals surface area contributed by atoms with E-state index in [2.05, 4.69) is 16.4 Å². The molecule has 7 heteroatoms. The second kappa shape index (κ2) is 7.11. The molecule has 1 aliphatic heterocycles. The van der Waals surface area contributed by atoms with Gasteiger partial charge in [0.05, 0.1) is 28.3 Å². The highest BCUT2D eigenvalue weighted by Gasteiger charge is 2.33. The topological polar surface area (TPSA) is 109 Å². The lowest BCUT2D eigenvalue weighted by Crippen LogP contribution is -2.28. The molecule has 1 aromatic heterocycles. The fraction of sp³-hybridized carbons (Fsp3) is 0.250. The van der Waals surface area contributed by atoms with E-state index in [1.807, 2.05) is 6.07 Å². The first-order valence-corrected chi connectivity index (χ1v) is 7.88.